The van der Waals surface area contributed by atoms with E-state index < -0.39 is 0 Å². The number of hydrogen-bond donors (Lipinski definition) is 3. The molecular formula is C15H15ClN4O. The molecule has 0 aliphatic heterocycles. The van der Waals surface area contributed by atoms with Crippen LogP contribution in [0.5, 0.6) is 0 Å². The number of carbonyl (C=O) groups is 1. The molecule has 0 aromatic heterocycles. The molecule has 0 radical (unpaired) electrons. The Morgan fingerprint density at radius 2 is 1.95 bits per heavy atom. The van der Waals surface area contributed by atoms with Crippen molar-refractivity contribution in [2.24, 2.45) is 5.11 Å². The van der Waals surface area contributed by atoms with Crippen molar-refractivity contribution in [3.63, 3.8) is 0 Å². The van der Waals surface area contributed by atoms with Crippen LogP contribution in [0, 0.1) is 5.53 Å². The number of halogens is 1. The molecule has 0 atom stereocenters. The predicted octanol–water partition coefficient (Wildman–Crippen LogP) is 3.56. The Balaban J connectivity index is 1.92. The van der Waals surface area contributed by atoms with Crippen molar-refractivity contribution in [1.82, 2.24) is 5.32 Å². The van der Waals surface area contributed by atoms with E-state index in [4.69, 9.17) is 22.9 Å². The highest BCUT2D eigenvalue weighted by Crippen LogP contribution is 2.22. The molecule has 6 heteroatoms. The smallest absolute Gasteiger partial charge is 0.251 e. The lowest BCUT2D eigenvalue weighted by molar-refractivity contribution is 0.0954. The maximum absolute atomic E-state index is 12.0. The van der Waals surface area contributed by atoms with Crippen LogP contribution in [-0.2, 0) is 6.42 Å². The molecule has 21 heavy (non-hydrogen) atoms. The molecule has 2 aromatic carbocycles. The van der Waals surface area contributed by atoms with Crippen LogP contribution in [0.1, 0.15) is 15.9 Å². The molecule has 5 nitrogen and oxygen atoms in total. The summed E-state index contributed by atoms with van der Waals surface area (Å²) in [6.45, 7) is 0.512. The largest absolute Gasteiger partial charge is 0.397 e. The monoisotopic (exact) mass is 302 g/mol. The lowest BCUT2D eigenvalue weighted by Crippen LogP contribution is -2.25. The van der Waals surface area contributed by atoms with Gasteiger partial charge >= 0.3 is 0 Å². The summed E-state index contributed by atoms with van der Waals surface area (Å²) in [5, 5.41) is 6.79. The second kappa shape index (κ2) is 6.85. The number of nitrogens with zero attached hydrogens (tertiary/aromatic N) is 1. The van der Waals surface area contributed by atoms with Crippen LogP contribution in [0.25, 0.3) is 0 Å². The first kappa shape index (κ1) is 15.0. The Morgan fingerprint density at radius 1 is 1.24 bits per heavy atom. The molecule has 0 unspecified atom stereocenters. The Kier molecular flexibility index (Phi) is 4.90. The number of benzene rings is 2. The Bertz CT molecular complexity index is 655. The molecular weight excluding hydrogens is 288 g/mol. The maximum atomic E-state index is 12.0. The molecule has 0 bridgehead atoms. The van der Waals surface area contributed by atoms with Crippen LogP contribution in [0.2, 0.25) is 5.02 Å². The van der Waals surface area contributed by atoms with Gasteiger partial charge in [0.05, 0.1) is 5.69 Å². The Labute approximate surface area is 127 Å². The zero-order valence-electron chi connectivity index (χ0n) is 11.3. The van der Waals surface area contributed by atoms with Gasteiger partial charge in [-0.1, -0.05) is 23.7 Å². The summed E-state index contributed by atoms with van der Waals surface area (Å²) in [7, 11) is 0. The van der Waals surface area contributed by atoms with Crippen molar-refractivity contribution in [2.45, 2.75) is 6.42 Å². The SMILES string of the molecule is N=Nc1cc(C(=O)NCCc2ccc(Cl)cc2)ccc1N. The van der Waals surface area contributed by atoms with E-state index in [0.29, 0.717) is 34.9 Å². The minimum atomic E-state index is -0.214. The first-order valence-electron chi connectivity index (χ1n) is 6.40. The van der Waals surface area contributed by atoms with E-state index in [1.54, 1.807) is 12.1 Å². The van der Waals surface area contributed by atoms with Crippen molar-refractivity contribution in [2.75, 3.05) is 12.3 Å². The van der Waals surface area contributed by atoms with E-state index in [1.807, 2.05) is 24.3 Å². The number of amides is 1. The summed E-state index contributed by atoms with van der Waals surface area (Å²) < 4.78 is 0. The minimum Gasteiger partial charge on any atom is -0.397 e. The molecule has 0 saturated heterocycles. The normalized spacial score (nSPS) is 10.1. The average molecular weight is 303 g/mol. The van der Waals surface area contributed by atoms with Crippen LogP contribution in [-0.4, -0.2) is 12.5 Å². The van der Waals surface area contributed by atoms with Gasteiger partial charge in [0.2, 0.25) is 0 Å². The van der Waals surface area contributed by atoms with Gasteiger partial charge in [-0.05, 0) is 42.3 Å². The molecule has 108 valence electrons. The number of rotatable bonds is 5. The third-order valence-corrected chi connectivity index (χ3v) is 3.28. The standard InChI is InChI=1S/C15H15ClN4O/c16-12-4-1-10(2-5-12)7-8-19-15(21)11-3-6-13(17)14(9-11)20-18/h1-6,9,18H,7-8,17H2,(H,19,21). The fraction of sp³-hybridized carbons (Fsp3) is 0.133. The number of nitrogens with two attached hydrogens (primary N) is 1. The lowest BCUT2D eigenvalue weighted by atomic mass is 10.1. The summed E-state index contributed by atoms with van der Waals surface area (Å²) in [5.41, 5.74) is 14.8. The molecule has 4 N–H and O–H groups in total. The van der Waals surface area contributed by atoms with E-state index in [1.165, 1.54) is 6.07 Å². The molecule has 0 aliphatic rings. The summed E-state index contributed by atoms with van der Waals surface area (Å²) >= 11 is 5.81. The van der Waals surface area contributed by atoms with E-state index in [9.17, 15) is 4.79 Å². The fourth-order valence-corrected chi connectivity index (χ4v) is 1.98. The third kappa shape index (κ3) is 4.03. The van der Waals surface area contributed by atoms with Gasteiger partial charge in [-0.3, -0.25) is 4.79 Å². The van der Waals surface area contributed by atoms with Gasteiger partial charge in [0.25, 0.3) is 5.91 Å². The third-order valence-electron chi connectivity index (χ3n) is 3.03. The van der Waals surface area contributed by atoms with Gasteiger partial charge in [-0.25, -0.2) is 5.53 Å². The number of nitrogen functional groups attached to an aromatic ring is 1. The molecule has 2 rings (SSSR count). The summed E-state index contributed by atoms with van der Waals surface area (Å²) in [5.74, 6) is -0.214. The molecule has 0 aliphatic carbocycles. The fourth-order valence-electron chi connectivity index (χ4n) is 1.86. The number of anilines is 1. The molecule has 0 saturated carbocycles. The van der Waals surface area contributed by atoms with E-state index in [2.05, 4.69) is 10.4 Å². The van der Waals surface area contributed by atoms with Crippen LogP contribution in [0.4, 0.5) is 11.4 Å². The van der Waals surface area contributed by atoms with Crippen LogP contribution in [0.3, 0.4) is 0 Å². The second-order valence-electron chi connectivity index (χ2n) is 4.52. The zero-order chi connectivity index (χ0) is 15.2. The van der Waals surface area contributed by atoms with Crippen LogP contribution >= 0.6 is 11.6 Å². The van der Waals surface area contributed by atoms with Crippen molar-refractivity contribution in [3.8, 4) is 0 Å². The highest BCUT2D eigenvalue weighted by atomic mass is 35.5. The second-order valence-corrected chi connectivity index (χ2v) is 4.95. The highest BCUT2D eigenvalue weighted by Gasteiger charge is 2.07. The van der Waals surface area contributed by atoms with Gasteiger partial charge in [0.15, 0.2) is 0 Å². The van der Waals surface area contributed by atoms with E-state index in [0.717, 1.165) is 5.56 Å². The van der Waals surface area contributed by atoms with Crippen molar-refractivity contribution in [3.05, 3.63) is 58.6 Å². The van der Waals surface area contributed by atoms with Crippen LogP contribution in [0.15, 0.2) is 47.6 Å². The van der Waals surface area contributed by atoms with Gasteiger partial charge < -0.3 is 11.1 Å². The predicted molar refractivity (Wildman–Crippen MR) is 83.2 cm³/mol. The number of hydrogen-bond acceptors (Lipinski definition) is 4. The van der Waals surface area contributed by atoms with Gasteiger partial charge in [-0.15, -0.1) is 0 Å². The molecule has 2 aromatic rings. The van der Waals surface area contributed by atoms with Crippen LogP contribution < -0.4 is 11.1 Å². The zero-order valence-corrected chi connectivity index (χ0v) is 12.0. The number of carbonyl (C=O) groups excluding carboxylic acids is 1. The van der Waals surface area contributed by atoms with Crippen molar-refractivity contribution >= 4 is 28.9 Å². The summed E-state index contributed by atoms with van der Waals surface area (Å²) in [6, 6.07) is 12.2. The molecule has 0 spiro atoms. The van der Waals surface area contributed by atoms with Gasteiger partial charge in [-0.2, -0.15) is 5.11 Å². The lowest BCUT2D eigenvalue weighted by Gasteiger charge is -2.07. The highest BCUT2D eigenvalue weighted by molar-refractivity contribution is 6.30. The number of nitrogens with one attached hydrogen (secondary N) is 2. The first-order chi connectivity index (χ1) is 10.1. The maximum Gasteiger partial charge on any atom is 0.251 e. The Hall–Kier alpha value is -2.40. The van der Waals surface area contributed by atoms with Gasteiger partial charge in [0, 0.05) is 17.1 Å². The van der Waals surface area contributed by atoms with Crippen molar-refractivity contribution in [1.29, 1.82) is 5.53 Å². The van der Waals surface area contributed by atoms with Gasteiger partial charge in [0.1, 0.15) is 5.69 Å². The first-order valence-corrected chi connectivity index (χ1v) is 6.77. The van der Waals surface area contributed by atoms with E-state index in [-0.39, 0.29) is 5.91 Å². The quantitative estimate of drug-likeness (QED) is 0.582. The molecule has 1 amide bonds. The average Bonchev–Trinajstić information content (AvgIpc) is 2.49. The summed E-state index contributed by atoms with van der Waals surface area (Å²) in [4.78, 5) is 12.0. The minimum absolute atomic E-state index is 0.214. The topological polar surface area (TPSA) is 91.3 Å². The van der Waals surface area contributed by atoms with E-state index >= 15 is 0 Å². The molecule has 0 fully saturated rings. The Morgan fingerprint density at radius 3 is 2.62 bits per heavy atom. The molecule has 0 heterocycles. The summed E-state index contributed by atoms with van der Waals surface area (Å²) in [6.07, 6.45) is 0.716. The van der Waals surface area contributed by atoms with Crippen molar-refractivity contribution < 1.29 is 4.79 Å².